The fourth-order valence-corrected chi connectivity index (χ4v) is 4.99. The first-order valence-corrected chi connectivity index (χ1v) is 10.3. The molecule has 1 heterocycles. The van der Waals surface area contributed by atoms with Crippen molar-refractivity contribution in [3.63, 3.8) is 0 Å². The summed E-state index contributed by atoms with van der Waals surface area (Å²) in [4.78, 5) is 14.3. The molecule has 138 valence electrons. The van der Waals surface area contributed by atoms with Crippen LogP contribution in [0.15, 0.2) is 47.4 Å². The summed E-state index contributed by atoms with van der Waals surface area (Å²) >= 11 is 12.0. The van der Waals surface area contributed by atoms with Gasteiger partial charge in [-0.3, -0.25) is 4.79 Å². The van der Waals surface area contributed by atoms with Crippen molar-refractivity contribution in [1.29, 1.82) is 0 Å². The Morgan fingerprint density at radius 1 is 1.04 bits per heavy atom. The minimum absolute atomic E-state index is 0.128. The fourth-order valence-electron chi connectivity index (χ4n) is 2.91. The van der Waals surface area contributed by atoms with Gasteiger partial charge in [0.25, 0.3) is 5.91 Å². The van der Waals surface area contributed by atoms with Crippen LogP contribution in [-0.2, 0) is 10.0 Å². The number of hydrogen-bond donors (Lipinski definition) is 0. The summed E-state index contributed by atoms with van der Waals surface area (Å²) in [7, 11) is -1.99. The zero-order valence-corrected chi connectivity index (χ0v) is 16.5. The first kappa shape index (κ1) is 19.2. The van der Waals surface area contributed by atoms with Crippen LogP contribution in [0.3, 0.4) is 0 Å². The third-order valence-corrected chi connectivity index (χ3v) is 6.65. The monoisotopic (exact) mass is 412 g/mol. The Morgan fingerprint density at radius 2 is 1.65 bits per heavy atom. The Labute approximate surface area is 163 Å². The third-order valence-electron chi connectivity index (χ3n) is 4.32. The lowest BCUT2D eigenvalue weighted by atomic mass is 10.2. The molecule has 1 fully saturated rings. The van der Waals surface area contributed by atoms with Crippen molar-refractivity contribution < 1.29 is 13.2 Å². The lowest BCUT2D eigenvalue weighted by molar-refractivity contribution is 0.0993. The van der Waals surface area contributed by atoms with Crippen molar-refractivity contribution in [1.82, 2.24) is 4.31 Å². The molecule has 0 aliphatic carbocycles. The average Bonchev–Trinajstić information content (AvgIpc) is 3.15. The van der Waals surface area contributed by atoms with E-state index in [9.17, 15) is 13.2 Å². The maximum Gasteiger partial charge on any atom is 0.258 e. The molecule has 8 heteroatoms. The quantitative estimate of drug-likeness (QED) is 0.760. The Morgan fingerprint density at radius 3 is 2.27 bits per heavy atom. The SMILES string of the molecule is CN(C(=O)c1cccc(S(=O)(=O)N2CCCC2)c1)c1cc(Cl)cc(Cl)c1. The van der Waals surface area contributed by atoms with Crippen LogP contribution in [0, 0.1) is 0 Å². The van der Waals surface area contributed by atoms with Crippen molar-refractivity contribution in [2.75, 3.05) is 25.0 Å². The average molecular weight is 413 g/mol. The van der Waals surface area contributed by atoms with Gasteiger partial charge in [-0.2, -0.15) is 4.31 Å². The molecule has 0 N–H and O–H groups in total. The van der Waals surface area contributed by atoms with Gasteiger partial charge in [0, 0.05) is 41.4 Å². The van der Waals surface area contributed by atoms with Crippen LogP contribution in [0.4, 0.5) is 5.69 Å². The highest BCUT2D eigenvalue weighted by molar-refractivity contribution is 7.89. The van der Waals surface area contributed by atoms with Crippen molar-refractivity contribution in [3.05, 3.63) is 58.1 Å². The van der Waals surface area contributed by atoms with E-state index in [-0.39, 0.29) is 16.4 Å². The Hall–Kier alpha value is -1.60. The number of benzene rings is 2. The maximum atomic E-state index is 12.8. The number of anilines is 1. The van der Waals surface area contributed by atoms with Gasteiger partial charge < -0.3 is 4.90 Å². The van der Waals surface area contributed by atoms with Crippen LogP contribution >= 0.6 is 23.2 Å². The standard InChI is InChI=1S/C18H18Cl2N2O3S/c1-21(16-11-14(19)10-15(20)12-16)18(23)13-5-4-6-17(9-13)26(24,25)22-7-2-3-8-22/h4-6,9-12H,2-3,7-8H2,1H3. The van der Waals surface area contributed by atoms with E-state index in [0.717, 1.165) is 12.8 Å². The Bertz CT molecular complexity index is 921. The summed E-state index contributed by atoms with van der Waals surface area (Å²) in [5.41, 5.74) is 0.809. The molecule has 2 aromatic rings. The smallest absolute Gasteiger partial charge is 0.258 e. The molecule has 0 radical (unpaired) electrons. The molecule has 0 spiro atoms. The number of carbonyl (C=O) groups is 1. The number of nitrogens with zero attached hydrogens (tertiary/aromatic N) is 2. The molecule has 3 rings (SSSR count). The van der Waals surface area contributed by atoms with Gasteiger partial charge >= 0.3 is 0 Å². The van der Waals surface area contributed by atoms with Crippen molar-refractivity contribution in [2.24, 2.45) is 0 Å². The maximum absolute atomic E-state index is 12.8. The summed E-state index contributed by atoms with van der Waals surface area (Å²) in [6.45, 7) is 1.03. The van der Waals surface area contributed by atoms with E-state index < -0.39 is 10.0 Å². The normalized spacial score (nSPS) is 15.2. The first-order chi connectivity index (χ1) is 12.3. The van der Waals surface area contributed by atoms with E-state index in [4.69, 9.17) is 23.2 Å². The molecule has 0 saturated carbocycles. The number of hydrogen-bond acceptors (Lipinski definition) is 3. The predicted molar refractivity (Wildman–Crippen MR) is 104 cm³/mol. The lowest BCUT2D eigenvalue weighted by Crippen LogP contribution is -2.29. The second-order valence-electron chi connectivity index (χ2n) is 6.13. The van der Waals surface area contributed by atoms with Gasteiger partial charge in [0.15, 0.2) is 0 Å². The molecule has 1 saturated heterocycles. The summed E-state index contributed by atoms with van der Waals surface area (Å²) in [5.74, 6) is -0.346. The van der Waals surface area contributed by atoms with Gasteiger partial charge in [-0.1, -0.05) is 29.3 Å². The summed E-state index contributed by atoms with van der Waals surface area (Å²) in [6, 6.07) is 10.9. The molecule has 26 heavy (non-hydrogen) atoms. The van der Waals surface area contributed by atoms with Crippen LogP contribution in [-0.4, -0.2) is 38.8 Å². The van der Waals surface area contributed by atoms with Crippen LogP contribution in [0.5, 0.6) is 0 Å². The molecule has 0 aromatic heterocycles. The molecule has 2 aromatic carbocycles. The highest BCUT2D eigenvalue weighted by Crippen LogP contribution is 2.27. The van der Waals surface area contributed by atoms with Gasteiger partial charge in [0.1, 0.15) is 0 Å². The summed E-state index contributed by atoms with van der Waals surface area (Å²) in [5, 5.41) is 0.829. The summed E-state index contributed by atoms with van der Waals surface area (Å²) < 4.78 is 26.9. The highest BCUT2D eigenvalue weighted by atomic mass is 35.5. The Balaban J connectivity index is 1.91. The minimum Gasteiger partial charge on any atom is -0.311 e. The van der Waals surface area contributed by atoms with Gasteiger partial charge in [-0.15, -0.1) is 0 Å². The molecule has 1 aliphatic heterocycles. The van der Waals surface area contributed by atoms with E-state index in [1.54, 1.807) is 37.4 Å². The van der Waals surface area contributed by atoms with Crippen molar-refractivity contribution in [2.45, 2.75) is 17.7 Å². The first-order valence-electron chi connectivity index (χ1n) is 8.13. The third kappa shape index (κ3) is 3.88. The lowest BCUT2D eigenvalue weighted by Gasteiger charge is -2.19. The number of halogens is 2. The highest BCUT2D eigenvalue weighted by Gasteiger charge is 2.28. The van der Waals surface area contributed by atoms with E-state index in [0.29, 0.717) is 28.8 Å². The molecule has 1 amide bonds. The molecule has 1 aliphatic rings. The van der Waals surface area contributed by atoms with Gasteiger partial charge in [0.05, 0.1) is 4.90 Å². The predicted octanol–water partition coefficient (Wildman–Crippen LogP) is 4.05. The largest absolute Gasteiger partial charge is 0.311 e. The van der Waals surface area contributed by atoms with Crippen LogP contribution in [0.2, 0.25) is 10.0 Å². The molecule has 0 unspecified atom stereocenters. The fraction of sp³-hybridized carbons (Fsp3) is 0.278. The van der Waals surface area contributed by atoms with Gasteiger partial charge in [-0.05, 0) is 49.2 Å². The molecule has 0 bridgehead atoms. The van der Waals surface area contributed by atoms with Crippen LogP contribution in [0.1, 0.15) is 23.2 Å². The second-order valence-corrected chi connectivity index (χ2v) is 8.94. The molecule has 0 atom stereocenters. The summed E-state index contributed by atoms with van der Waals surface area (Å²) in [6.07, 6.45) is 1.71. The van der Waals surface area contributed by atoms with E-state index in [1.807, 2.05) is 0 Å². The van der Waals surface area contributed by atoms with Gasteiger partial charge in [0.2, 0.25) is 10.0 Å². The zero-order valence-electron chi connectivity index (χ0n) is 14.2. The van der Waals surface area contributed by atoms with E-state index in [1.165, 1.54) is 21.3 Å². The van der Waals surface area contributed by atoms with Crippen molar-refractivity contribution >= 4 is 44.8 Å². The molecule has 5 nitrogen and oxygen atoms in total. The van der Waals surface area contributed by atoms with E-state index in [2.05, 4.69) is 0 Å². The topological polar surface area (TPSA) is 57.7 Å². The second kappa shape index (κ2) is 7.56. The number of carbonyl (C=O) groups excluding carboxylic acids is 1. The van der Waals surface area contributed by atoms with Gasteiger partial charge in [-0.25, -0.2) is 8.42 Å². The van der Waals surface area contributed by atoms with Crippen molar-refractivity contribution in [3.8, 4) is 0 Å². The van der Waals surface area contributed by atoms with E-state index >= 15 is 0 Å². The zero-order chi connectivity index (χ0) is 18.9. The minimum atomic E-state index is -3.58. The number of sulfonamides is 1. The molecular formula is C18H18Cl2N2O3S. The Kier molecular flexibility index (Phi) is 5.58. The number of amides is 1. The molecular weight excluding hydrogens is 395 g/mol. The number of rotatable bonds is 4. The van der Waals surface area contributed by atoms with Crippen LogP contribution < -0.4 is 4.90 Å². The van der Waals surface area contributed by atoms with Crippen LogP contribution in [0.25, 0.3) is 0 Å².